The van der Waals surface area contributed by atoms with E-state index >= 15 is 0 Å². The first-order valence-electron chi connectivity index (χ1n) is 5.26. The molecule has 2 aromatic rings. The van der Waals surface area contributed by atoms with Crippen LogP contribution in [0, 0.1) is 17.1 Å². The van der Waals surface area contributed by atoms with Gasteiger partial charge < -0.3 is 10.4 Å². The van der Waals surface area contributed by atoms with Gasteiger partial charge in [-0.25, -0.2) is 14.2 Å². The standard InChI is InChI=1S/C13H8FN3O2/c14-9-5-11(13(18)19)12(16-7-9)17-10-3-1-8(6-15)2-4-10/h1-5,7H,(H,16,17)(H,18,19). The van der Waals surface area contributed by atoms with Gasteiger partial charge in [-0.2, -0.15) is 5.26 Å². The molecular weight excluding hydrogens is 249 g/mol. The number of aromatic nitrogens is 1. The highest BCUT2D eigenvalue weighted by Crippen LogP contribution is 2.19. The van der Waals surface area contributed by atoms with Crippen molar-refractivity contribution in [2.75, 3.05) is 5.32 Å². The Morgan fingerprint density at radius 2 is 2.05 bits per heavy atom. The molecule has 0 saturated carbocycles. The second kappa shape index (κ2) is 5.14. The molecule has 0 atom stereocenters. The number of aromatic carboxylic acids is 1. The van der Waals surface area contributed by atoms with Crippen molar-refractivity contribution in [1.29, 1.82) is 5.26 Å². The molecule has 0 amide bonds. The molecule has 0 fully saturated rings. The fourth-order valence-electron chi connectivity index (χ4n) is 1.47. The van der Waals surface area contributed by atoms with Crippen LogP contribution in [-0.4, -0.2) is 16.1 Å². The van der Waals surface area contributed by atoms with Crippen molar-refractivity contribution in [2.45, 2.75) is 0 Å². The van der Waals surface area contributed by atoms with Crippen LogP contribution in [0.1, 0.15) is 15.9 Å². The van der Waals surface area contributed by atoms with Crippen molar-refractivity contribution >= 4 is 17.5 Å². The van der Waals surface area contributed by atoms with Crippen LogP contribution in [0.4, 0.5) is 15.9 Å². The van der Waals surface area contributed by atoms with Crippen molar-refractivity contribution in [1.82, 2.24) is 4.98 Å². The summed E-state index contributed by atoms with van der Waals surface area (Å²) in [6.45, 7) is 0. The van der Waals surface area contributed by atoms with Crippen LogP contribution in [0.15, 0.2) is 36.5 Å². The van der Waals surface area contributed by atoms with E-state index in [0.717, 1.165) is 12.3 Å². The van der Waals surface area contributed by atoms with Gasteiger partial charge in [0.05, 0.1) is 17.8 Å². The number of benzene rings is 1. The Kier molecular flexibility index (Phi) is 3.39. The minimum Gasteiger partial charge on any atom is -0.478 e. The molecule has 0 spiro atoms. The van der Waals surface area contributed by atoms with Gasteiger partial charge in [0.2, 0.25) is 0 Å². The first-order chi connectivity index (χ1) is 9.10. The van der Waals surface area contributed by atoms with Crippen molar-refractivity contribution < 1.29 is 14.3 Å². The number of nitrogens with zero attached hydrogens (tertiary/aromatic N) is 2. The van der Waals surface area contributed by atoms with E-state index in [1.807, 2.05) is 6.07 Å². The summed E-state index contributed by atoms with van der Waals surface area (Å²) in [6.07, 6.45) is 0.929. The van der Waals surface area contributed by atoms with Crippen LogP contribution in [0.3, 0.4) is 0 Å². The number of halogens is 1. The maximum Gasteiger partial charge on any atom is 0.339 e. The van der Waals surface area contributed by atoms with Crippen LogP contribution < -0.4 is 5.32 Å². The second-order valence-corrected chi connectivity index (χ2v) is 3.67. The highest BCUT2D eigenvalue weighted by Gasteiger charge is 2.13. The molecular formula is C13H8FN3O2. The highest BCUT2D eigenvalue weighted by atomic mass is 19.1. The van der Waals surface area contributed by atoms with Crippen molar-refractivity contribution in [3.8, 4) is 6.07 Å². The average molecular weight is 257 g/mol. The van der Waals surface area contributed by atoms with Crippen LogP contribution in [0.25, 0.3) is 0 Å². The normalized spacial score (nSPS) is 9.68. The van der Waals surface area contributed by atoms with Gasteiger partial charge in [0.1, 0.15) is 17.2 Å². The Bertz CT molecular complexity index is 663. The summed E-state index contributed by atoms with van der Waals surface area (Å²) in [4.78, 5) is 14.7. The van der Waals surface area contributed by atoms with Crippen molar-refractivity contribution in [3.05, 3.63) is 53.5 Å². The van der Waals surface area contributed by atoms with Crippen LogP contribution >= 0.6 is 0 Å². The molecule has 0 aliphatic heterocycles. The number of hydrogen-bond donors (Lipinski definition) is 2. The van der Waals surface area contributed by atoms with Gasteiger partial charge in [0.15, 0.2) is 0 Å². The Morgan fingerprint density at radius 1 is 1.37 bits per heavy atom. The van der Waals surface area contributed by atoms with E-state index in [1.54, 1.807) is 24.3 Å². The van der Waals surface area contributed by atoms with E-state index in [1.165, 1.54) is 0 Å². The second-order valence-electron chi connectivity index (χ2n) is 3.67. The molecule has 0 aliphatic carbocycles. The third kappa shape index (κ3) is 2.84. The summed E-state index contributed by atoms with van der Waals surface area (Å²) in [5, 5.41) is 20.4. The summed E-state index contributed by atoms with van der Waals surface area (Å²) in [6, 6.07) is 9.22. The number of rotatable bonds is 3. The van der Waals surface area contributed by atoms with Gasteiger partial charge in [-0.1, -0.05) is 0 Å². The summed E-state index contributed by atoms with van der Waals surface area (Å²) in [5.74, 6) is -1.95. The zero-order chi connectivity index (χ0) is 13.8. The molecule has 1 aromatic heterocycles. The average Bonchev–Trinajstić information content (AvgIpc) is 2.41. The number of nitrogens with one attached hydrogen (secondary N) is 1. The van der Waals surface area contributed by atoms with Crippen molar-refractivity contribution in [2.24, 2.45) is 0 Å². The lowest BCUT2D eigenvalue weighted by atomic mass is 10.2. The third-order valence-electron chi connectivity index (χ3n) is 2.36. The Morgan fingerprint density at radius 3 is 2.63 bits per heavy atom. The van der Waals surface area contributed by atoms with E-state index in [0.29, 0.717) is 11.3 Å². The maximum atomic E-state index is 13.0. The van der Waals surface area contributed by atoms with Gasteiger partial charge in [0.25, 0.3) is 0 Å². The summed E-state index contributed by atoms with van der Waals surface area (Å²) in [7, 11) is 0. The number of hydrogen-bond acceptors (Lipinski definition) is 4. The molecule has 0 radical (unpaired) electrons. The predicted octanol–water partition coefficient (Wildman–Crippen LogP) is 2.53. The minimum absolute atomic E-state index is 0.0404. The molecule has 94 valence electrons. The molecule has 2 rings (SSSR count). The van der Waals surface area contributed by atoms with Crippen LogP contribution in [-0.2, 0) is 0 Å². The van der Waals surface area contributed by atoms with E-state index < -0.39 is 11.8 Å². The number of carboxylic acids is 1. The topological polar surface area (TPSA) is 86.0 Å². The number of carboxylic acid groups (broad SMARTS) is 1. The molecule has 0 aliphatic rings. The molecule has 6 heteroatoms. The number of anilines is 2. The minimum atomic E-state index is -1.27. The fourth-order valence-corrected chi connectivity index (χ4v) is 1.47. The SMILES string of the molecule is N#Cc1ccc(Nc2ncc(F)cc2C(=O)O)cc1. The first-order valence-corrected chi connectivity index (χ1v) is 5.26. The number of nitriles is 1. The molecule has 19 heavy (non-hydrogen) atoms. The van der Waals surface area contributed by atoms with E-state index in [9.17, 15) is 9.18 Å². The lowest BCUT2D eigenvalue weighted by Crippen LogP contribution is -2.05. The zero-order valence-corrected chi connectivity index (χ0v) is 9.59. The molecule has 5 nitrogen and oxygen atoms in total. The van der Waals surface area contributed by atoms with E-state index in [2.05, 4.69) is 10.3 Å². The Hall–Kier alpha value is -2.94. The number of carbonyl (C=O) groups is 1. The Balaban J connectivity index is 2.32. The van der Waals surface area contributed by atoms with Gasteiger partial charge >= 0.3 is 5.97 Å². The summed E-state index contributed by atoms with van der Waals surface area (Å²) >= 11 is 0. The van der Waals surface area contributed by atoms with E-state index in [-0.39, 0.29) is 11.4 Å². The van der Waals surface area contributed by atoms with Gasteiger partial charge in [0, 0.05) is 5.69 Å². The fraction of sp³-hybridized carbons (Fsp3) is 0. The van der Waals surface area contributed by atoms with E-state index in [4.69, 9.17) is 10.4 Å². The van der Waals surface area contributed by atoms with Crippen LogP contribution in [0.5, 0.6) is 0 Å². The van der Waals surface area contributed by atoms with Gasteiger partial charge in [-0.15, -0.1) is 0 Å². The zero-order valence-electron chi connectivity index (χ0n) is 9.59. The molecule has 1 heterocycles. The monoisotopic (exact) mass is 257 g/mol. The predicted molar refractivity (Wildman–Crippen MR) is 65.6 cm³/mol. The first kappa shape index (κ1) is 12.5. The largest absolute Gasteiger partial charge is 0.478 e. The summed E-state index contributed by atoms with van der Waals surface area (Å²) < 4.78 is 13.0. The smallest absolute Gasteiger partial charge is 0.339 e. The van der Waals surface area contributed by atoms with Gasteiger partial charge in [-0.05, 0) is 30.3 Å². The van der Waals surface area contributed by atoms with Crippen LogP contribution in [0.2, 0.25) is 0 Å². The molecule has 0 bridgehead atoms. The molecule has 1 aromatic carbocycles. The molecule has 0 saturated heterocycles. The molecule has 0 unspecified atom stereocenters. The number of pyridine rings is 1. The quantitative estimate of drug-likeness (QED) is 0.882. The maximum absolute atomic E-state index is 13.0. The summed E-state index contributed by atoms with van der Waals surface area (Å²) in [5.41, 5.74) is 0.779. The third-order valence-corrected chi connectivity index (χ3v) is 2.36. The Labute approximate surface area is 108 Å². The molecule has 2 N–H and O–H groups in total. The highest BCUT2D eigenvalue weighted by molar-refractivity contribution is 5.93. The van der Waals surface area contributed by atoms with Crippen molar-refractivity contribution in [3.63, 3.8) is 0 Å². The lowest BCUT2D eigenvalue weighted by molar-refractivity contribution is 0.0697. The lowest BCUT2D eigenvalue weighted by Gasteiger charge is -2.08. The van der Waals surface area contributed by atoms with Gasteiger partial charge in [-0.3, -0.25) is 0 Å².